The van der Waals surface area contributed by atoms with Gasteiger partial charge in [0.15, 0.2) is 11.6 Å². The third kappa shape index (κ3) is 6.04. The van der Waals surface area contributed by atoms with Crippen molar-refractivity contribution in [2.75, 3.05) is 60.6 Å². The predicted molar refractivity (Wildman–Crippen MR) is 155 cm³/mol. The number of ether oxygens (including phenoxy) is 2. The van der Waals surface area contributed by atoms with E-state index in [9.17, 15) is 9.66 Å². The summed E-state index contributed by atoms with van der Waals surface area (Å²) >= 11 is -1.40. The maximum absolute atomic E-state index is 15.8. The van der Waals surface area contributed by atoms with Crippen LogP contribution in [0.15, 0.2) is 48.7 Å². The highest BCUT2D eigenvalue weighted by Gasteiger charge is 2.23. The summed E-state index contributed by atoms with van der Waals surface area (Å²) < 4.78 is 42.3. The molecule has 1 atom stereocenters. The van der Waals surface area contributed by atoms with Crippen LogP contribution >= 0.6 is 0 Å². The molecule has 0 saturated carbocycles. The predicted octanol–water partition coefficient (Wildman–Crippen LogP) is 3.77. The second-order valence-electron chi connectivity index (χ2n) is 9.20. The van der Waals surface area contributed by atoms with Crippen molar-refractivity contribution in [1.82, 2.24) is 15.0 Å². The number of morpholine rings is 1. The van der Waals surface area contributed by atoms with E-state index in [0.717, 1.165) is 0 Å². The Morgan fingerprint density at radius 3 is 2.73 bits per heavy atom. The minimum absolute atomic E-state index is 0.0221. The van der Waals surface area contributed by atoms with Gasteiger partial charge in [-0.2, -0.15) is 0 Å². The molecule has 2 aromatic carbocycles. The lowest BCUT2D eigenvalue weighted by Crippen LogP contribution is -2.37. The van der Waals surface area contributed by atoms with Crippen molar-refractivity contribution < 1.29 is 23.5 Å². The van der Waals surface area contributed by atoms with Gasteiger partial charge in [0.1, 0.15) is 40.9 Å². The van der Waals surface area contributed by atoms with Gasteiger partial charge >= 0.3 is 0 Å². The summed E-state index contributed by atoms with van der Waals surface area (Å²) in [5.74, 6) is 1.71. The first-order chi connectivity index (χ1) is 19.5. The number of nitrogens with two attached hydrogens (primary N) is 1. The molecule has 1 aliphatic heterocycles. The molecule has 210 valence electrons. The molecule has 40 heavy (non-hydrogen) atoms. The molecule has 5 rings (SSSR count). The highest BCUT2D eigenvalue weighted by Crippen LogP contribution is 2.39. The molecule has 0 amide bonds. The molecule has 4 N–H and O–H groups in total. The number of nitrogen functional groups attached to an aromatic ring is 1. The molecule has 0 bridgehead atoms. The van der Waals surface area contributed by atoms with Gasteiger partial charge in [0.05, 0.1) is 31.2 Å². The summed E-state index contributed by atoms with van der Waals surface area (Å²) in [5.41, 5.74) is 7.96. The van der Waals surface area contributed by atoms with Crippen LogP contribution in [0.2, 0.25) is 0 Å². The Labute approximate surface area is 234 Å². The van der Waals surface area contributed by atoms with Crippen molar-refractivity contribution in [3.8, 4) is 28.3 Å². The Bertz CT molecular complexity index is 1470. The molecule has 10 nitrogen and oxygen atoms in total. The zero-order valence-electron chi connectivity index (χ0n) is 22.1. The van der Waals surface area contributed by atoms with Crippen molar-refractivity contribution in [2.24, 2.45) is 0 Å². The zero-order chi connectivity index (χ0) is 28.1. The Hall–Kier alpha value is -3.71. The number of aromatic nitrogens is 3. The number of benzene rings is 2. The van der Waals surface area contributed by atoms with Gasteiger partial charge in [-0.15, -0.1) is 0 Å². The fourth-order valence-corrected chi connectivity index (χ4v) is 5.36. The molecule has 0 radical (unpaired) electrons. The molecule has 1 saturated heterocycles. The molecule has 1 fully saturated rings. The van der Waals surface area contributed by atoms with Crippen LogP contribution in [0.4, 0.5) is 21.7 Å². The Kier molecular flexibility index (Phi) is 8.80. The molecular weight excluding hydrogens is 535 g/mol. The van der Waals surface area contributed by atoms with E-state index in [4.69, 9.17) is 25.2 Å². The van der Waals surface area contributed by atoms with Crippen LogP contribution in [0.25, 0.3) is 33.4 Å². The van der Waals surface area contributed by atoms with E-state index in [2.05, 4.69) is 14.6 Å². The summed E-state index contributed by atoms with van der Waals surface area (Å²) in [5, 5.41) is 10.2. The van der Waals surface area contributed by atoms with Gasteiger partial charge in [0.25, 0.3) is 0 Å². The van der Waals surface area contributed by atoms with Crippen molar-refractivity contribution in [1.29, 1.82) is 0 Å². The molecule has 0 aliphatic carbocycles. The van der Waals surface area contributed by atoms with E-state index < -0.39 is 17.2 Å². The van der Waals surface area contributed by atoms with Crippen molar-refractivity contribution >= 4 is 39.6 Å². The highest BCUT2D eigenvalue weighted by atomic mass is 32.2. The molecule has 1 aliphatic rings. The number of nitrogens with one attached hydrogen (secondary N) is 1. The van der Waals surface area contributed by atoms with Crippen LogP contribution in [-0.2, 0) is 16.1 Å². The summed E-state index contributed by atoms with van der Waals surface area (Å²) in [6.45, 7) is 4.02. The van der Waals surface area contributed by atoms with Crippen LogP contribution in [0.5, 0.6) is 5.75 Å². The molecule has 0 spiro atoms. The number of hydrogen-bond donors (Lipinski definition) is 3. The number of hydrogen-bond acceptors (Lipinski definition) is 10. The smallest absolute Gasteiger partial charge is 0.163 e. The normalized spacial score (nSPS) is 14.3. The van der Waals surface area contributed by atoms with Gasteiger partial charge in [-0.25, -0.2) is 24.1 Å². The third-order valence-electron chi connectivity index (χ3n) is 6.37. The summed E-state index contributed by atoms with van der Waals surface area (Å²) in [7, 11) is 0. The van der Waals surface area contributed by atoms with Gasteiger partial charge < -0.3 is 29.8 Å². The van der Waals surface area contributed by atoms with Gasteiger partial charge in [0.2, 0.25) is 0 Å². The lowest BCUT2D eigenvalue weighted by atomic mass is 10.0. The fourth-order valence-electron chi connectivity index (χ4n) is 4.48. The molecule has 4 aromatic rings. The SMILES string of the molecule is CCC[S+]([O-])Nc1cccc(-c2cc(OCCO)c3nc(-c4ccc(N)nc4)nc(N4CCOCC4)c3c2)c1F. The average molecular weight is 567 g/mol. The number of halogens is 1. The summed E-state index contributed by atoms with van der Waals surface area (Å²) in [6.07, 6.45) is 2.31. The number of aliphatic hydroxyl groups excluding tert-OH is 1. The minimum atomic E-state index is -1.40. The standard InChI is InChI=1S/C28H31FN6O4S/c1-2-14-40(37)34-22-5-3-4-20(25(22)29)19-15-21-26(23(16-19)39-13-10-36)32-27(18-6-7-24(30)31-17-18)33-28(21)35-8-11-38-12-9-35/h3-7,15-17,34,36H,2,8-14H2,1H3,(H2,30,31). The van der Waals surface area contributed by atoms with E-state index in [-0.39, 0.29) is 18.9 Å². The van der Waals surface area contributed by atoms with Crippen LogP contribution in [0, 0.1) is 5.82 Å². The Morgan fingerprint density at radius 1 is 1.18 bits per heavy atom. The maximum atomic E-state index is 15.8. The molecule has 2 aromatic heterocycles. The van der Waals surface area contributed by atoms with E-state index in [1.165, 1.54) is 0 Å². The Balaban J connectivity index is 1.70. The minimum Gasteiger partial charge on any atom is -0.593 e. The second kappa shape index (κ2) is 12.6. The first kappa shape index (κ1) is 27.8. The van der Waals surface area contributed by atoms with Crippen molar-refractivity contribution in [3.63, 3.8) is 0 Å². The largest absolute Gasteiger partial charge is 0.593 e. The van der Waals surface area contributed by atoms with Crippen molar-refractivity contribution in [3.05, 3.63) is 54.5 Å². The quantitative estimate of drug-likeness (QED) is 0.243. The van der Waals surface area contributed by atoms with Crippen molar-refractivity contribution in [2.45, 2.75) is 13.3 Å². The monoisotopic (exact) mass is 566 g/mol. The fraction of sp³-hybridized carbons (Fsp3) is 0.321. The van der Waals surface area contributed by atoms with E-state index in [1.54, 1.807) is 42.6 Å². The number of pyridine rings is 1. The lowest BCUT2D eigenvalue weighted by Gasteiger charge is -2.29. The van der Waals surface area contributed by atoms with Crippen LogP contribution in [-0.4, -0.2) is 69.9 Å². The first-order valence-electron chi connectivity index (χ1n) is 13.1. The first-order valence-corrected chi connectivity index (χ1v) is 14.4. The average Bonchev–Trinajstić information content (AvgIpc) is 2.97. The summed E-state index contributed by atoms with van der Waals surface area (Å²) in [4.78, 5) is 16.0. The van der Waals surface area contributed by atoms with Gasteiger partial charge in [-0.1, -0.05) is 19.1 Å². The lowest BCUT2D eigenvalue weighted by molar-refractivity contribution is 0.122. The second-order valence-corrected chi connectivity index (χ2v) is 10.5. The number of rotatable bonds is 10. The maximum Gasteiger partial charge on any atom is 0.163 e. The molecule has 1 unspecified atom stereocenters. The highest BCUT2D eigenvalue weighted by molar-refractivity contribution is 7.92. The number of aliphatic hydroxyl groups is 1. The molecular formula is C28H31FN6O4S. The molecule has 12 heteroatoms. The zero-order valence-corrected chi connectivity index (χ0v) is 22.9. The van der Waals surface area contributed by atoms with E-state index in [1.807, 2.05) is 13.0 Å². The number of fused-ring (bicyclic) bond motifs is 1. The van der Waals surface area contributed by atoms with Gasteiger partial charge in [0, 0.05) is 35.8 Å². The van der Waals surface area contributed by atoms with Gasteiger partial charge in [-0.3, -0.25) is 0 Å². The number of anilines is 3. The van der Waals surface area contributed by atoms with Crippen LogP contribution in [0.3, 0.4) is 0 Å². The van der Waals surface area contributed by atoms with E-state index in [0.29, 0.717) is 89.3 Å². The van der Waals surface area contributed by atoms with Crippen LogP contribution in [0.1, 0.15) is 13.3 Å². The summed E-state index contributed by atoms with van der Waals surface area (Å²) in [6, 6.07) is 11.9. The van der Waals surface area contributed by atoms with Gasteiger partial charge in [-0.05, 0) is 42.3 Å². The number of nitrogens with zero attached hydrogens (tertiary/aromatic N) is 4. The van der Waals surface area contributed by atoms with Crippen LogP contribution < -0.4 is 20.1 Å². The third-order valence-corrected chi connectivity index (χ3v) is 7.60. The Morgan fingerprint density at radius 2 is 2.00 bits per heavy atom. The molecule has 3 heterocycles. The topological polar surface area (TPSA) is 142 Å². The van der Waals surface area contributed by atoms with E-state index >= 15 is 4.39 Å².